The third-order valence-electron chi connectivity index (χ3n) is 4.02. The fourth-order valence-corrected chi connectivity index (χ4v) is 3.22. The quantitative estimate of drug-likeness (QED) is 0.414. The first-order valence-corrected chi connectivity index (χ1v) is 5.21. The first-order chi connectivity index (χ1) is 5.67. The minimum absolute atomic E-state index is 0.803. The maximum atomic E-state index is 4.21. The van der Waals surface area contributed by atoms with Gasteiger partial charge in [0.05, 0.1) is 19.1 Å². The second kappa shape index (κ2) is 2.59. The van der Waals surface area contributed by atoms with Crippen LogP contribution in [0, 0.1) is 0 Å². The van der Waals surface area contributed by atoms with Crippen LogP contribution in [-0.2, 0) is 0 Å². The number of nitrogens with zero attached hydrogens (tertiary/aromatic N) is 1. The molecule has 2 saturated heterocycles. The highest BCUT2D eigenvalue weighted by molar-refractivity contribution is 5.08. The van der Waals surface area contributed by atoms with Crippen LogP contribution in [0.25, 0.3) is 0 Å². The van der Waals surface area contributed by atoms with E-state index in [1.54, 1.807) is 0 Å². The second-order valence-corrected chi connectivity index (χ2v) is 4.71. The molecule has 0 N–H and O–H groups in total. The van der Waals surface area contributed by atoms with Crippen molar-refractivity contribution in [3.63, 3.8) is 0 Å². The molecule has 68 valence electrons. The average molecular weight is 166 g/mol. The molecule has 2 atom stereocenters. The van der Waals surface area contributed by atoms with Gasteiger partial charge in [-0.3, -0.25) is 0 Å². The summed E-state index contributed by atoms with van der Waals surface area (Å²) in [6.07, 6.45) is 4.10. The Hall–Kier alpha value is -0.300. The van der Waals surface area contributed by atoms with Crippen LogP contribution < -0.4 is 0 Å². The van der Waals surface area contributed by atoms with Crippen LogP contribution in [0.5, 0.6) is 0 Å². The molecule has 0 saturated carbocycles. The number of quaternary nitrogens is 1. The van der Waals surface area contributed by atoms with Gasteiger partial charge in [0.2, 0.25) is 0 Å². The molecule has 12 heavy (non-hydrogen) atoms. The minimum Gasteiger partial charge on any atom is -0.315 e. The molecular weight excluding hydrogens is 146 g/mol. The molecule has 0 aromatic carbocycles. The van der Waals surface area contributed by atoms with Crippen molar-refractivity contribution >= 4 is 0 Å². The number of rotatable bonds is 1. The van der Waals surface area contributed by atoms with Crippen molar-refractivity contribution in [2.75, 3.05) is 13.1 Å². The van der Waals surface area contributed by atoms with Crippen LogP contribution in [0.4, 0.5) is 0 Å². The SMILES string of the molecule is C=C1CC[N+]2(C(C)C)CCCC12. The van der Waals surface area contributed by atoms with Crippen molar-refractivity contribution in [3.8, 4) is 0 Å². The molecule has 2 fully saturated rings. The average Bonchev–Trinajstić information content (AvgIpc) is 2.53. The first kappa shape index (κ1) is 8.31. The van der Waals surface area contributed by atoms with Crippen molar-refractivity contribution in [2.45, 2.75) is 45.2 Å². The minimum atomic E-state index is 0.803. The van der Waals surface area contributed by atoms with E-state index in [9.17, 15) is 0 Å². The van der Waals surface area contributed by atoms with E-state index >= 15 is 0 Å². The summed E-state index contributed by atoms with van der Waals surface area (Å²) < 4.78 is 1.36. The zero-order chi connectivity index (χ0) is 8.77. The summed E-state index contributed by atoms with van der Waals surface area (Å²) >= 11 is 0. The van der Waals surface area contributed by atoms with Gasteiger partial charge in [-0.2, -0.15) is 0 Å². The van der Waals surface area contributed by atoms with Gasteiger partial charge in [-0.25, -0.2) is 0 Å². The van der Waals surface area contributed by atoms with Crippen LogP contribution in [0.3, 0.4) is 0 Å². The van der Waals surface area contributed by atoms with E-state index < -0.39 is 0 Å². The molecule has 0 aromatic rings. The molecule has 2 aliphatic rings. The molecule has 0 amide bonds. The molecule has 0 aromatic heterocycles. The van der Waals surface area contributed by atoms with E-state index in [0.717, 1.165) is 12.1 Å². The fraction of sp³-hybridized carbons (Fsp3) is 0.818. The summed E-state index contributed by atoms with van der Waals surface area (Å²) in [6, 6.07) is 1.63. The normalized spacial score (nSPS) is 40.9. The summed E-state index contributed by atoms with van der Waals surface area (Å²) in [6.45, 7) is 11.7. The highest BCUT2D eigenvalue weighted by Crippen LogP contribution is 2.40. The summed E-state index contributed by atoms with van der Waals surface area (Å²) in [5.41, 5.74) is 1.53. The van der Waals surface area contributed by atoms with Crippen LogP contribution in [0.15, 0.2) is 12.2 Å². The Morgan fingerprint density at radius 1 is 1.42 bits per heavy atom. The van der Waals surface area contributed by atoms with Crippen molar-refractivity contribution in [2.24, 2.45) is 0 Å². The Balaban J connectivity index is 2.28. The Morgan fingerprint density at radius 3 is 2.75 bits per heavy atom. The predicted octanol–water partition coefficient (Wildman–Crippen LogP) is 2.33. The molecule has 0 aliphatic carbocycles. The van der Waals surface area contributed by atoms with Crippen LogP contribution in [0.1, 0.15) is 33.1 Å². The highest BCUT2D eigenvalue weighted by atomic mass is 15.4. The fourth-order valence-electron chi connectivity index (χ4n) is 3.22. The molecule has 0 radical (unpaired) electrons. The van der Waals surface area contributed by atoms with Crippen molar-refractivity contribution in [1.82, 2.24) is 0 Å². The number of hydrogen-bond donors (Lipinski definition) is 0. The maximum Gasteiger partial charge on any atom is 0.111 e. The Morgan fingerprint density at radius 2 is 2.17 bits per heavy atom. The number of fused-ring (bicyclic) bond motifs is 1. The van der Waals surface area contributed by atoms with Crippen LogP contribution in [0.2, 0.25) is 0 Å². The molecule has 0 bridgehead atoms. The van der Waals surface area contributed by atoms with E-state index in [1.807, 2.05) is 0 Å². The lowest BCUT2D eigenvalue weighted by Crippen LogP contribution is -2.52. The van der Waals surface area contributed by atoms with Crippen LogP contribution in [-0.4, -0.2) is 29.7 Å². The van der Waals surface area contributed by atoms with E-state index in [-0.39, 0.29) is 0 Å². The van der Waals surface area contributed by atoms with Gasteiger partial charge >= 0.3 is 0 Å². The molecule has 2 heterocycles. The third-order valence-corrected chi connectivity index (χ3v) is 4.02. The zero-order valence-electron chi connectivity index (χ0n) is 8.34. The topological polar surface area (TPSA) is 0 Å². The van der Waals surface area contributed by atoms with E-state index in [1.165, 1.54) is 42.4 Å². The predicted molar refractivity (Wildman–Crippen MR) is 51.9 cm³/mol. The molecule has 0 spiro atoms. The summed E-state index contributed by atoms with van der Waals surface area (Å²) in [5, 5.41) is 0. The lowest BCUT2D eigenvalue weighted by atomic mass is 10.1. The number of hydrogen-bond acceptors (Lipinski definition) is 0. The standard InChI is InChI=1S/C11H20N/c1-9(2)12-7-4-5-11(12)10(3)6-8-12/h9,11H,3-8H2,1-2H3/q+1. The van der Waals surface area contributed by atoms with E-state index in [0.29, 0.717) is 0 Å². The van der Waals surface area contributed by atoms with E-state index in [2.05, 4.69) is 20.4 Å². The summed E-state index contributed by atoms with van der Waals surface area (Å²) in [4.78, 5) is 0. The largest absolute Gasteiger partial charge is 0.315 e. The first-order valence-electron chi connectivity index (χ1n) is 5.21. The van der Waals surface area contributed by atoms with Crippen molar-refractivity contribution in [1.29, 1.82) is 0 Å². The van der Waals surface area contributed by atoms with E-state index in [4.69, 9.17) is 0 Å². The molecule has 2 aliphatic heterocycles. The highest BCUT2D eigenvalue weighted by Gasteiger charge is 2.49. The van der Waals surface area contributed by atoms with Gasteiger partial charge in [0.15, 0.2) is 0 Å². The molecule has 2 rings (SSSR count). The summed E-state index contributed by atoms with van der Waals surface area (Å²) in [5.74, 6) is 0. The van der Waals surface area contributed by atoms with Gasteiger partial charge in [0.25, 0.3) is 0 Å². The molecule has 1 heteroatoms. The second-order valence-electron chi connectivity index (χ2n) is 4.71. The Bertz CT molecular complexity index is 207. The lowest BCUT2D eigenvalue weighted by Gasteiger charge is -2.38. The zero-order valence-corrected chi connectivity index (χ0v) is 8.34. The molecule has 1 nitrogen and oxygen atoms in total. The van der Waals surface area contributed by atoms with Gasteiger partial charge in [-0.05, 0) is 19.4 Å². The van der Waals surface area contributed by atoms with Gasteiger partial charge in [-0.15, -0.1) is 0 Å². The third kappa shape index (κ3) is 0.891. The molecule has 2 unspecified atom stereocenters. The Kier molecular flexibility index (Phi) is 1.80. The van der Waals surface area contributed by atoms with Gasteiger partial charge in [0, 0.05) is 19.3 Å². The summed E-state index contributed by atoms with van der Waals surface area (Å²) in [7, 11) is 0. The monoisotopic (exact) mass is 166 g/mol. The van der Waals surface area contributed by atoms with Gasteiger partial charge in [-0.1, -0.05) is 6.58 Å². The molecular formula is C11H20N+. The Labute approximate surface area is 75.7 Å². The maximum absolute atomic E-state index is 4.21. The van der Waals surface area contributed by atoms with Crippen molar-refractivity contribution in [3.05, 3.63) is 12.2 Å². The smallest absolute Gasteiger partial charge is 0.111 e. The van der Waals surface area contributed by atoms with Gasteiger partial charge in [0.1, 0.15) is 6.04 Å². The van der Waals surface area contributed by atoms with Crippen molar-refractivity contribution < 1.29 is 4.48 Å². The van der Waals surface area contributed by atoms with Crippen LogP contribution >= 0.6 is 0 Å². The van der Waals surface area contributed by atoms with Gasteiger partial charge < -0.3 is 4.48 Å². The lowest BCUT2D eigenvalue weighted by molar-refractivity contribution is -0.944.